The molecule has 0 bridgehead atoms. The molecule has 0 aromatic heterocycles. The van der Waals surface area contributed by atoms with Crippen molar-refractivity contribution in [2.24, 2.45) is 0 Å². The molecule has 2 aromatic carbocycles. The van der Waals surface area contributed by atoms with Crippen molar-refractivity contribution in [1.29, 1.82) is 5.26 Å². The molecular formula is C18H17F2N3O3S. The van der Waals surface area contributed by atoms with E-state index in [4.69, 9.17) is 5.26 Å². The summed E-state index contributed by atoms with van der Waals surface area (Å²) in [6, 6.07) is 10.5. The number of carbonyl (C=O) groups excluding carboxylic acids is 1. The number of halogens is 2. The quantitative estimate of drug-likeness (QED) is 0.753. The maximum absolute atomic E-state index is 13.7. The van der Waals surface area contributed by atoms with Gasteiger partial charge in [-0.3, -0.25) is 4.79 Å². The van der Waals surface area contributed by atoms with Gasteiger partial charge in [-0.25, -0.2) is 17.2 Å². The minimum absolute atomic E-state index is 0.0291. The van der Waals surface area contributed by atoms with Crippen molar-refractivity contribution in [3.05, 3.63) is 65.2 Å². The van der Waals surface area contributed by atoms with Crippen molar-refractivity contribution in [1.82, 2.24) is 9.21 Å². The molecule has 0 aliphatic heterocycles. The Labute approximate surface area is 156 Å². The van der Waals surface area contributed by atoms with Crippen molar-refractivity contribution < 1.29 is 22.0 Å². The number of hydrogen-bond donors (Lipinski definition) is 0. The van der Waals surface area contributed by atoms with Crippen LogP contribution in [0.5, 0.6) is 0 Å². The first-order valence-corrected chi connectivity index (χ1v) is 9.24. The second kappa shape index (κ2) is 8.24. The zero-order valence-corrected chi connectivity index (χ0v) is 15.5. The summed E-state index contributed by atoms with van der Waals surface area (Å²) in [4.78, 5) is 13.3. The summed E-state index contributed by atoms with van der Waals surface area (Å²) in [6.07, 6.45) is 0. The fraction of sp³-hybridized carbons (Fsp3) is 0.222. The highest BCUT2D eigenvalue weighted by Gasteiger charge is 2.26. The van der Waals surface area contributed by atoms with Gasteiger partial charge < -0.3 is 4.90 Å². The normalized spacial score (nSPS) is 11.3. The van der Waals surface area contributed by atoms with E-state index in [0.29, 0.717) is 6.07 Å². The first-order valence-electron chi connectivity index (χ1n) is 7.80. The number of hydrogen-bond acceptors (Lipinski definition) is 4. The van der Waals surface area contributed by atoms with Crippen LogP contribution >= 0.6 is 0 Å². The average Bonchev–Trinajstić information content (AvgIpc) is 2.63. The number of carbonyl (C=O) groups is 1. The lowest BCUT2D eigenvalue weighted by molar-refractivity contribution is -0.130. The predicted molar refractivity (Wildman–Crippen MR) is 93.8 cm³/mol. The standard InChI is InChI=1S/C18H17F2N3O3S/c1-22(11-14-7-8-15(19)9-16(14)20)18(24)12-23(2)27(25,26)17-6-4-3-5-13(17)10-21/h3-9H,11-12H2,1-2H3. The molecule has 0 spiro atoms. The van der Waals surface area contributed by atoms with Crippen LogP contribution in [0.1, 0.15) is 11.1 Å². The Morgan fingerprint density at radius 1 is 1.15 bits per heavy atom. The van der Waals surface area contributed by atoms with Gasteiger partial charge in [-0.05, 0) is 18.2 Å². The monoisotopic (exact) mass is 393 g/mol. The molecule has 9 heteroatoms. The van der Waals surface area contributed by atoms with Gasteiger partial charge in [0.25, 0.3) is 0 Å². The molecule has 0 saturated heterocycles. The summed E-state index contributed by atoms with van der Waals surface area (Å²) in [5, 5.41) is 9.07. The van der Waals surface area contributed by atoms with Crippen LogP contribution in [0.3, 0.4) is 0 Å². The van der Waals surface area contributed by atoms with E-state index in [9.17, 15) is 22.0 Å². The highest BCUT2D eigenvalue weighted by molar-refractivity contribution is 7.89. The number of sulfonamides is 1. The van der Waals surface area contributed by atoms with Crippen LogP contribution in [0.4, 0.5) is 8.78 Å². The van der Waals surface area contributed by atoms with Crippen molar-refractivity contribution >= 4 is 15.9 Å². The van der Waals surface area contributed by atoms with Crippen LogP contribution in [0.25, 0.3) is 0 Å². The Morgan fingerprint density at radius 3 is 2.44 bits per heavy atom. The lowest BCUT2D eigenvalue weighted by Crippen LogP contribution is -2.39. The Hall–Kier alpha value is -2.83. The molecule has 0 heterocycles. The summed E-state index contributed by atoms with van der Waals surface area (Å²) in [5.74, 6) is -2.11. The molecule has 0 unspecified atom stereocenters. The van der Waals surface area contributed by atoms with Gasteiger partial charge >= 0.3 is 0 Å². The Bertz CT molecular complexity index is 1000. The maximum Gasteiger partial charge on any atom is 0.244 e. The summed E-state index contributed by atoms with van der Waals surface area (Å²) in [6.45, 7) is -0.644. The minimum atomic E-state index is -4.06. The van der Waals surface area contributed by atoms with Gasteiger partial charge in [-0.15, -0.1) is 0 Å². The van der Waals surface area contributed by atoms with Crippen molar-refractivity contribution in [2.45, 2.75) is 11.4 Å². The molecule has 0 atom stereocenters. The van der Waals surface area contributed by atoms with Gasteiger partial charge in [0, 0.05) is 32.3 Å². The van der Waals surface area contributed by atoms with Crippen molar-refractivity contribution in [2.75, 3.05) is 20.6 Å². The number of nitriles is 1. The third kappa shape index (κ3) is 4.67. The highest BCUT2D eigenvalue weighted by Crippen LogP contribution is 2.19. The van der Waals surface area contributed by atoms with E-state index >= 15 is 0 Å². The van der Waals surface area contributed by atoms with Crippen LogP contribution in [-0.2, 0) is 21.4 Å². The van der Waals surface area contributed by atoms with E-state index in [1.807, 2.05) is 0 Å². The van der Waals surface area contributed by atoms with Crippen molar-refractivity contribution in [3.63, 3.8) is 0 Å². The predicted octanol–water partition coefficient (Wildman–Crippen LogP) is 2.12. The van der Waals surface area contributed by atoms with E-state index in [-0.39, 0.29) is 22.6 Å². The molecule has 0 N–H and O–H groups in total. The molecule has 2 rings (SSSR count). The van der Waals surface area contributed by atoms with Crippen LogP contribution in [0.15, 0.2) is 47.4 Å². The van der Waals surface area contributed by atoms with Crippen molar-refractivity contribution in [3.8, 4) is 6.07 Å². The lowest BCUT2D eigenvalue weighted by atomic mass is 10.2. The van der Waals surface area contributed by atoms with E-state index in [1.54, 1.807) is 6.07 Å². The van der Waals surface area contributed by atoms with Crippen LogP contribution < -0.4 is 0 Å². The molecule has 142 valence electrons. The van der Waals surface area contributed by atoms with Crippen LogP contribution in [0, 0.1) is 23.0 Å². The molecule has 0 fully saturated rings. The largest absolute Gasteiger partial charge is 0.340 e. The minimum Gasteiger partial charge on any atom is -0.340 e. The third-order valence-electron chi connectivity index (χ3n) is 3.90. The molecular weight excluding hydrogens is 376 g/mol. The van der Waals surface area contributed by atoms with Crippen LogP contribution in [-0.4, -0.2) is 44.2 Å². The Morgan fingerprint density at radius 2 is 1.81 bits per heavy atom. The topological polar surface area (TPSA) is 81.5 Å². The van der Waals surface area contributed by atoms with Gasteiger partial charge in [-0.1, -0.05) is 18.2 Å². The van der Waals surface area contributed by atoms with Gasteiger partial charge in [-0.2, -0.15) is 9.57 Å². The van der Waals surface area contributed by atoms with Gasteiger partial charge in [0.1, 0.15) is 17.7 Å². The number of nitrogens with zero attached hydrogens (tertiary/aromatic N) is 3. The number of benzene rings is 2. The molecule has 0 aliphatic carbocycles. The fourth-order valence-electron chi connectivity index (χ4n) is 2.34. The van der Waals surface area contributed by atoms with Gasteiger partial charge in [0.05, 0.1) is 17.0 Å². The number of amides is 1. The molecule has 6 nitrogen and oxygen atoms in total. The molecule has 0 radical (unpaired) electrons. The second-order valence-corrected chi connectivity index (χ2v) is 7.87. The van der Waals surface area contributed by atoms with Gasteiger partial charge in [0.15, 0.2) is 0 Å². The zero-order valence-electron chi connectivity index (χ0n) is 14.7. The lowest BCUT2D eigenvalue weighted by Gasteiger charge is -2.22. The zero-order chi connectivity index (χ0) is 20.2. The van der Waals surface area contributed by atoms with E-state index in [0.717, 1.165) is 15.3 Å². The van der Waals surface area contributed by atoms with E-state index in [1.165, 1.54) is 44.4 Å². The number of rotatable bonds is 6. The highest BCUT2D eigenvalue weighted by atomic mass is 32.2. The average molecular weight is 393 g/mol. The summed E-state index contributed by atoms with van der Waals surface area (Å²) in [7, 11) is -1.46. The SMILES string of the molecule is CN(Cc1ccc(F)cc1F)C(=O)CN(C)S(=O)(=O)c1ccccc1C#N. The fourth-order valence-corrected chi connectivity index (χ4v) is 3.60. The maximum atomic E-state index is 13.7. The second-order valence-electron chi connectivity index (χ2n) is 5.85. The first-order chi connectivity index (χ1) is 12.7. The first kappa shape index (κ1) is 20.5. The van der Waals surface area contributed by atoms with E-state index in [2.05, 4.69) is 0 Å². The van der Waals surface area contributed by atoms with Gasteiger partial charge in [0.2, 0.25) is 15.9 Å². The summed E-state index contributed by atoms with van der Waals surface area (Å²) < 4.78 is 52.7. The molecule has 27 heavy (non-hydrogen) atoms. The third-order valence-corrected chi connectivity index (χ3v) is 5.76. The Kier molecular flexibility index (Phi) is 6.25. The van der Waals surface area contributed by atoms with E-state index < -0.39 is 34.1 Å². The molecule has 0 aliphatic rings. The smallest absolute Gasteiger partial charge is 0.244 e. The van der Waals surface area contributed by atoms with Crippen LogP contribution in [0.2, 0.25) is 0 Å². The summed E-state index contributed by atoms with van der Waals surface area (Å²) in [5.41, 5.74) is 0.0751. The molecule has 0 saturated carbocycles. The Balaban J connectivity index is 2.13. The summed E-state index contributed by atoms with van der Waals surface area (Å²) >= 11 is 0. The number of likely N-dealkylation sites (N-methyl/N-ethyl adjacent to an activating group) is 2. The molecule has 1 amide bonds. The molecule has 2 aromatic rings.